The van der Waals surface area contributed by atoms with Crippen LogP contribution in [0.15, 0.2) is 42.7 Å². The molecule has 2 bridgehead atoms. The maximum absolute atomic E-state index is 6.48. The summed E-state index contributed by atoms with van der Waals surface area (Å²) in [5.41, 5.74) is 15.0. The molecule has 3 aromatic heterocycles. The van der Waals surface area contributed by atoms with Crippen LogP contribution in [0, 0.1) is 0 Å². The van der Waals surface area contributed by atoms with Crippen LogP contribution in [-0.4, -0.2) is 54.0 Å². The Bertz CT molecular complexity index is 1570. The summed E-state index contributed by atoms with van der Waals surface area (Å²) >= 11 is 0. The zero-order chi connectivity index (χ0) is 27.3. The highest BCUT2D eigenvalue weighted by Gasteiger charge is 2.39. The minimum Gasteiger partial charge on any atom is -0.368 e. The first-order chi connectivity index (χ1) is 20.2. The third-order valence-corrected chi connectivity index (χ3v) is 9.97. The van der Waals surface area contributed by atoms with Gasteiger partial charge in [-0.2, -0.15) is 9.67 Å². The molecule has 9 heteroatoms. The molecule has 1 aromatic carbocycles. The number of benzene rings is 1. The van der Waals surface area contributed by atoms with Crippen molar-refractivity contribution < 1.29 is 0 Å². The van der Waals surface area contributed by atoms with Crippen LogP contribution in [-0.2, 0) is 12.8 Å². The van der Waals surface area contributed by atoms with Crippen LogP contribution < -0.4 is 11.1 Å². The van der Waals surface area contributed by atoms with Crippen LogP contribution >= 0.6 is 0 Å². The number of nitrogens with zero attached hydrogens (tertiary/aromatic N) is 7. The molecule has 5 aliphatic rings. The van der Waals surface area contributed by atoms with Crippen LogP contribution in [0.5, 0.6) is 0 Å². The Morgan fingerprint density at radius 2 is 1.54 bits per heavy atom. The standard InChI is InChI=1S/C32H37N9/c33-31-36-32(35-25-10-7-20-8-11-26(12-9-24(20)19-25)40-17-1-2-18-40)39-41(31)30-28-22-5-3-21(4-6-22)27(28)29(37-38-30)23-13-15-34-16-14-23/h7,10,13-16,19,21-22,26H,1-6,8-9,11-12,17-18H2,(H3,33,35,36,39). The largest absolute Gasteiger partial charge is 0.368 e. The summed E-state index contributed by atoms with van der Waals surface area (Å²) in [7, 11) is 0. The van der Waals surface area contributed by atoms with E-state index in [2.05, 4.69) is 38.4 Å². The van der Waals surface area contributed by atoms with E-state index in [4.69, 9.17) is 21.0 Å². The molecule has 1 unspecified atom stereocenters. The summed E-state index contributed by atoms with van der Waals surface area (Å²) < 4.78 is 1.69. The molecule has 9 rings (SSSR count). The van der Waals surface area contributed by atoms with Crippen molar-refractivity contribution in [2.75, 3.05) is 24.1 Å². The average molecular weight is 548 g/mol. The first-order valence-corrected chi connectivity index (χ1v) is 15.4. The smallest absolute Gasteiger partial charge is 0.248 e. The number of nitrogen functional groups attached to an aromatic ring is 1. The molecular weight excluding hydrogens is 510 g/mol. The van der Waals surface area contributed by atoms with E-state index < -0.39 is 0 Å². The summed E-state index contributed by atoms with van der Waals surface area (Å²) in [6.45, 7) is 2.54. The van der Waals surface area contributed by atoms with Gasteiger partial charge < -0.3 is 16.0 Å². The van der Waals surface area contributed by atoms with Crippen molar-refractivity contribution >= 4 is 17.6 Å². The van der Waals surface area contributed by atoms with Gasteiger partial charge in [0, 0.05) is 35.2 Å². The number of aryl methyl sites for hydroxylation is 2. The molecule has 0 radical (unpaired) electrons. The second kappa shape index (κ2) is 10.2. The molecular formula is C32H37N9. The lowest BCUT2D eigenvalue weighted by Gasteiger charge is -2.39. The van der Waals surface area contributed by atoms with Crippen molar-refractivity contribution in [1.29, 1.82) is 0 Å². The average Bonchev–Trinajstić information content (AvgIpc) is 3.63. The lowest BCUT2D eigenvalue weighted by Crippen LogP contribution is -2.32. The van der Waals surface area contributed by atoms with Crippen molar-refractivity contribution in [2.24, 2.45) is 0 Å². The summed E-state index contributed by atoms with van der Waals surface area (Å²) in [5, 5.41) is 17.7. The Hall–Kier alpha value is -3.85. The third kappa shape index (κ3) is 4.47. The van der Waals surface area contributed by atoms with Crippen molar-refractivity contribution in [3.63, 3.8) is 0 Å². The molecule has 1 saturated heterocycles. The fraction of sp³-hybridized carbons (Fsp3) is 0.469. The fourth-order valence-corrected chi connectivity index (χ4v) is 7.92. The van der Waals surface area contributed by atoms with Crippen molar-refractivity contribution in [2.45, 2.75) is 82.1 Å². The molecule has 4 heterocycles. The van der Waals surface area contributed by atoms with E-state index in [9.17, 15) is 0 Å². The third-order valence-electron chi connectivity index (χ3n) is 9.97. The number of hydrogen-bond acceptors (Lipinski definition) is 8. The molecule has 1 atom stereocenters. The van der Waals surface area contributed by atoms with Crippen molar-refractivity contribution in [3.05, 3.63) is 65.0 Å². The number of nitrogens with one attached hydrogen (secondary N) is 1. The lowest BCUT2D eigenvalue weighted by atomic mass is 9.66. The highest BCUT2D eigenvalue weighted by Crippen LogP contribution is 2.53. The van der Waals surface area contributed by atoms with Crippen molar-refractivity contribution in [1.82, 2.24) is 34.8 Å². The van der Waals surface area contributed by atoms with Crippen LogP contribution in [0.4, 0.5) is 17.6 Å². The topological polar surface area (TPSA) is 111 Å². The van der Waals surface area contributed by atoms with Gasteiger partial charge in [0.05, 0.1) is 5.69 Å². The number of anilines is 3. The molecule has 210 valence electrons. The fourth-order valence-electron chi connectivity index (χ4n) is 7.92. The van der Waals surface area contributed by atoms with Gasteiger partial charge in [-0.3, -0.25) is 4.98 Å². The molecule has 41 heavy (non-hydrogen) atoms. The van der Waals surface area contributed by atoms with E-state index >= 15 is 0 Å². The molecule has 1 aliphatic heterocycles. The first kappa shape index (κ1) is 24.9. The first-order valence-electron chi connectivity index (χ1n) is 15.4. The van der Waals surface area contributed by atoms with Gasteiger partial charge in [-0.1, -0.05) is 6.07 Å². The number of hydrogen-bond donors (Lipinski definition) is 2. The molecule has 1 saturated carbocycles. The molecule has 4 aliphatic carbocycles. The number of rotatable bonds is 5. The van der Waals surface area contributed by atoms with Crippen LogP contribution in [0.2, 0.25) is 0 Å². The van der Waals surface area contributed by atoms with Crippen LogP contribution in [0.25, 0.3) is 17.1 Å². The molecule has 4 aromatic rings. The van der Waals surface area contributed by atoms with E-state index in [1.165, 1.54) is 86.7 Å². The number of aromatic nitrogens is 6. The maximum Gasteiger partial charge on any atom is 0.248 e. The van der Waals surface area contributed by atoms with E-state index in [1.54, 1.807) is 4.68 Å². The van der Waals surface area contributed by atoms with Gasteiger partial charge in [0.2, 0.25) is 11.9 Å². The Morgan fingerprint density at radius 1 is 0.805 bits per heavy atom. The SMILES string of the molecule is Nc1nc(Nc2ccc3c(c2)CCC(N2CCCC2)CC3)nn1-c1nnc(-c2ccncc2)c2c1C1CCC2CC1. The summed E-state index contributed by atoms with van der Waals surface area (Å²) in [6.07, 6.45) is 15.8. The van der Waals surface area contributed by atoms with E-state index in [0.29, 0.717) is 29.8 Å². The Labute approximate surface area is 240 Å². The second-order valence-corrected chi connectivity index (χ2v) is 12.3. The van der Waals surface area contributed by atoms with Gasteiger partial charge >= 0.3 is 0 Å². The number of likely N-dealkylation sites (tertiary alicyclic amines) is 1. The van der Waals surface area contributed by atoms with Gasteiger partial charge in [-0.15, -0.1) is 15.3 Å². The molecule has 0 amide bonds. The zero-order valence-electron chi connectivity index (χ0n) is 23.5. The highest BCUT2D eigenvalue weighted by atomic mass is 15.5. The van der Waals surface area contributed by atoms with Gasteiger partial charge in [0.25, 0.3) is 0 Å². The van der Waals surface area contributed by atoms with E-state index in [1.807, 2.05) is 24.5 Å². The highest BCUT2D eigenvalue weighted by molar-refractivity contribution is 5.68. The van der Waals surface area contributed by atoms with Crippen LogP contribution in [0.3, 0.4) is 0 Å². The molecule has 3 N–H and O–H groups in total. The second-order valence-electron chi connectivity index (χ2n) is 12.3. The number of nitrogens with two attached hydrogens (primary N) is 1. The molecule has 2 fully saturated rings. The van der Waals surface area contributed by atoms with Gasteiger partial charge in [-0.25, -0.2) is 0 Å². The Balaban J connectivity index is 1.09. The predicted octanol–water partition coefficient (Wildman–Crippen LogP) is 5.54. The monoisotopic (exact) mass is 547 g/mol. The zero-order valence-corrected chi connectivity index (χ0v) is 23.5. The summed E-state index contributed by atoms with van der Waals surface area (Å²) in [4.78, 5) is 11.5. The minimum absolute atomic E-state index is 0.324. The van der Waals surface area contributed by atoms with Gasteiger partial charge in [-0.05, 0) is 130 Å². The molecule has 0 spiro atoms. The Kier molecular flexibility index (Phi) is 6.20. The lowest BCUT2D eigenvalue weighted by molar-refractivity contribution is 0.222. The minimum atomic E-state index is 0.324. The van der Waals surface area contributed by atoms with Gasteiger partial charge in [0.15, 0.2) is 5.82 Å². The quantitative estimate of drug-likeness (QED) is 0.313. The summed E-state index contributed by atoms with van der Waals surface area (Å²) in [6, 6.07) is 11.5. The summed E-state index contributed by atoms with van der Waals surface area (Å²) in [5.74, 6) is 2.46. The van der Waals surface area contributed by atoms with E-state index in [-0.39, 0.29) is 0 Å². The normalized spacial score (nSPS) is 23.7. The van der Waals surface area contributed by atoms with Crippen molar-refractivity contribution in [3.8, 4) is 17.1 Å². The van der Waals surface area contributed by atoms with E-state index in [0.717, 1.165) is 35.6 Å². The molecule has 9 nitrogen and oxygen atoms in total. The number of pyridine rings is 1. The van der Waals surface area contributed by atoms with Crippen LogP contribution in [0.1, 0.15) is 85.5 Å². The van der Waals surface area contributed by atoms with Gasteiger partial charge in [0.1, 0.15) is 0 Å². The predicted molar refractivity (Wildman–Crippen MR) is 160 cm³/mol. The Morgan fingerprint density at radius 3 is 2.32 bits per heavy atom. The number of fused-ring (bicyclic) bond motifs is 3. The maximum atomic E-state index is 6.48.